The van der Waals surface area contributed by atoms with Crippen LogP contribution in [0.1, 0.15) is 56.1 Å². The molecule has 8 heteroatoms. The average Bonchev–Trinajstić information content (AvgIpc) is 2.83. The van der Waals surface area contributed by atoms with Gasteiger partial charge in [-0.25, -0.2) is 22.0 Å². The molecule has 0 heterocycles. The minimum Gasteiger partial charge on any atom is -0.429 e. The molecular formula is C21H19F7O. The lowest BCUT2D eigenvalue weighted by atomic mass is 9.90. The smallest absolute Gasteiger partial charge is 0.429 e. The van der Waals surface area contributed by atoms with E-state index in [0.717, 1.165) is 31.4 Å². The monoisotopic (exact) mass is 420 g/mol. The van der Waals surface area contributed by atoms with Crippen LogP contribution in [0.15, 0.2) is 24.3 Å². The van der Waals surface area contributed by atoms with Gasteiger partial charge in [-0.1, -0.05) is 26.2 Å². The van der Waals surface area contributed by atoms with Gasteiger partial charge in [0.25, 0.3) is 0 Å². The van der Waals surface area contributed by atoms with Crippen molar-refractivity contribution in [2.75, 3.05) is 0 Å². The number of hydrogen-bond acceptors (Lipinski definition) is 1. The van der Waals surface area contributed by atoms with E-state index in [2.05, 4.69) is 11.7 Å². The van der Waals surface area contributed by atoms with Crippen molar-refractivity contribution >= 4 is 0 Å². The Labute approximate surface area is 163 Å². The van der Waals surface area contributed by atoms with Crippen LogP contribution >= 0.6 is 0 Å². The molecule has 0 N–H and O–H groups in total. The van der Waals surface area contributed by atoms with Gasteiger partial charge in [-0.15, -0.1) is 0 Å². The molecule has 1 saturated carbocycles. The topological polar surface area (TPSA) is 9.23 Å². The fourth-order valence-corrected chi connectivity index (χ4v) is 3.72. The summed E-state index contributed by atoms with van der Waals surface area (Å²) in [5, 5.41) is 0. The number of ether oxygens (including phenoxy) is 1. The van der Waals surface area contributed by atoms with E-state index >= 15 is 0 Å². The molecule has 2 aromatic rings. The Morgan fingerprint density at radius 3 is 1.97 bits per heavy atom. The van der Waals surface area contributed by atoms with Gasteiger partial charge in [0.15, 0.2) is 17.5 Å². The lowest BCUT2D eigenvalue weighted by Crippen LogP contribution is -2.25. The zero-order valence-electron chi connectivity index (χ0n) is 15.6. The van der Waals surface area contributed by atoms with E-state index in [1.807, 2.05) is 0 Å². The molecule has 3 rings (SSSR count). The van der Waals surface area contributed by atoms with Crippen LogP contribution in [0.25, 0.3) is 0 Å². The van der Waals surface area contributed by atoms with Crippen LogP contribution in [0, 0.1) is 35.0 Å². The van der Waals surface area contributed by atoms with Crippen LogP contribution in [0.2, 0.25) is 0 Å². The average molecular weight is 420 g/mol. The molecule has 29 heavy (non-hydrogen) atoms. The van der Waals surface area contributed by atoms with E-state index in [-0.39, 0.29) is 23.6 Å². The second-order valence-electron chi connectivity index (χ2n) is 7.49. The Morgan fingerprint density at radius 2 is 1.38 bits per heavy atom. The summed E-state index contributed by atoms with van der Waals surface area (Å²) in [5.41, 5.74) is -1.39. The Morgan fingerprint density at radius 1 is 0.793 bits per heavy atom. The molecule has 1 aliphatic rings. The summed E-state index contributed by atoms with van der Waals surface area (Å²) < 4.78 is 101. The molecule has 0 saturated heterocycles. The molecule has 0 amide bonds. The SMILES string of the molecule is CC1CCCC(c2cc(F)c(C(F)(F)Oc3cc(F)c(F)c(F)c3)c(F)c2)CC1. The fourth-order valence-electron chi connectivity index (χ4n) is 3.72. The summed E-state index contributed by atoms with van der Waals surface area (Å²) in [7, 11) is 0. The Kier molecular flexibility index (Phi) is 6.10. The molecule has 1 aliphatic carbocycles. The van der Waals surface area contributed by atoms with Gasteiger partial charge >= 0.3 is 6.11 Å². The molecule has 1 fully saturated rings. The number of hydrogen-bond donors (Lipinski definition) is 0. The van der Waals surface area contributed by atoms with E-state index in [0.29, 0.717) is 18.8 Å². The van der Waals surface area contributed by atoms with Gasteiger partial charge in [-0.05, 0) is 42.4 Å². The highest BCUT2D eigenvalue weighted by Crippen LogP contribution is 2.39. The Hall–Kier alpha value is -2.25. The first-order valence-corrected chi connectivity index (χ1v) is 9.29. The van der Waals surface area contributed by atoms with Crippen LogP contribution in [-0.4, -0.2) is 0 Å². The largest absolute Gasteiger partial charge is 0.432 e. The van der Waals surface area contributed by atoms with Gasteiger partial charge < -0.3 is 4.74 Å². The van der Waals surface area contributed by atoms with E-state index < -0.39 is 46.5 Å². The summed E-state index contributed by atoms with van der Waals surface area (Å²) in [6.45, 7) is 2.09. The van der Waals surface area contributed by atoms with Gasteiger partial charge in [0.1, 0.15) is 22.9 Å². The van der Waals surface area contributed by atoms with Gasteiger partial charge in [-0.3, -0.25) is 0 Å². The van der Waals surface area contributed by atoms with Gasteiger partial charge in [0, 0.05) is 12.1 Å². The molecule has 0 spiro atoms. The van der Waals surface area contributed by atoms with Crippen molar-refractivity contribution < 1.29 is 35.5 Å². The molecule has 0 aliphatic heterocycles. The minimum absolute atomic E-state index is 0.146. The van der Waals surface area contributed by atoms with Crippen molar-refractivity contribution in [2.45, 2.75) is 51.1 Å². The minimum atomic E-state index is -4.57. The van der Waals surface area contributed by atoms with Crippen molar-refractivity contribution in [3.8, 4) is 5.75 Å². The van der Waals surface area contributed by atoms with E-state index in [1.165, 1.54) is 0 Å². The van der Waals surface area contributed by atoms with Crippen molar-refractivity contribution in [2.24, 2.45) is 5.92 Å². The van der Waals surface area contributed by atoms with Crippen LogP contribution < -0.4 is 4.74 Å². The van der Waals surface area contributed by atoms with Crippen LogP contribution in [-0.2, 0) is 6.11 Å². The zero-order chi connectivity index (χ0) is 21.3. The highest BCUT2D eigenvalue weighted by Gasteiger charge is 2.42. The molecule has 2 atom stereocenters. The normalized spacial score (nSPS) is 20.4. The predicted molar refractivity (Wildman–Crippen MR) is 92.2 cm³/mol. The molecule has 0 radical (unpaired) electrons. The van der Waals surface area contributed by atoms with Crippen molar-refractivity contribution in [3.63, 3.8) is 0 Å². The van der Waals surface area contributed by atoms with Gasteiger partial charge in [0.2, 0.25) is 0 Å². The lowest BCUT2D eigenvalue weighted by Gasteiger charge is -2.21. The summed E-state index contributed by atoms with van der Waals surface area (Å²) in [6, 6.07) is 2.04. The molecule has 2 aromatic carbocycles. The van der Waals surface area contributed by atoms with E-state index in [9.17, 15) is 30.7 Å². The summed E-state index contributed by atoms with van der Waals surface area (Å²) in [5.74, 6) is -9.22. The Bertz CT molecular complexity index is 851. The summed E-state index contributed by atoms with van der Waals surface area (Å²) >= 11 is 0. The van der Waals surface area contributed by atoms with Crippen LogP contribution in [0.4, 0.5) is 30.7 Å². The molecule has 2 unspecified atom stereocenters. The van der Waals surface area contributed by atoms with Crippen LogP contribution in [0.5, 0.6) is 5.75 Å². The standard InChI is InChI=1S/C21H19F7O/c1-11-3-2-4-12(6-5-11)13-7-15(22)19(16(23)8-13)21(27,28)29-14-9-17(24)20(26)18(25)10-14/h7-12H,2-6H2,1H3. The number of rotatable bonds is 4. The summed E-state index contributed by atoms with van der Waals surface area (Å²) in [6.07, 6.45) is -0.434. The fraction of sp³-hybridized carbons (Fsp3) is 0.429. The second-order valence-corrected chi connectivity index (χ2v) is 7.49. The van der Waals surface area contributed by atoms with Crippen molar-refractivity contribution in [1.82, 2.24) is 0 Å². The maximum Gasteiger partial charge on any atom is 0.432 e. The van der Waals surface area contributed by atoms with E-state index in [1.54, 1.807) is 0 Å². The molecular weight excluding hydrogens is 401 g/mol. The lowest BCUT2D eigenvalue weighted by molar-refractivity contribution is -0.189. The van der Waals surface area contributed by atoms with Crippen molar-refractivity contribution in [3.05, 3.63) is 64.5 Å². The third kappa shape index (κ3) is 4.67. The number of alkyl halides is 2. The number of benzene rings is 2. The quantitative estimate of drug-likeness (QED) is 0.289. The maximum atomic E-state index is 14.5. The third-order valence-corrected chi connectivity index (χ3v) is 5.29. The third-order valence-electron chi connectivity index (χ3n) is 5.29. The van der Waals surface area contributed by atoms with Crippen LogP contribution in [0.3, 0.4) is 0 Å². The maximum absolute atomic E-state index is 14.5. The van der Waals surface area contributed by atoms with Crippen molar-refractivity contribution in [1.29, 1.82) is 0 Å². The highest BCUT2D eigenvalue weighted by atomic mass is 19.3. The molecule has 0 aromatic heterocycles. The first kappa shape index (κ1) is 21.5. The predicted octanol–water partition coefficient (Wildman–Crippen LogP) is 7.19. The Balaban J connectivity index is 1.89. The highest BCUT2D eigenvalue weighted by molar-refractivity contribution is 5.32. The van der Waals surface area contributed by atoms with Gasteiger partial charge in [-0.2, -0.15) is 8.78 Å². The molecule has 0 bridgehead atoms. The summed E-state index contributed by atoms with van der Waals surface area (Å²) in [4.78, 5) is 0. The zero-order valence-corrected chi connectivity index (χ0v) is 15.6. The molecule has 1 nitrogen and oxygen atoms in total. The first-order chi connectivity index (χ1) is 13.6. The first-order valence-electron chi connectivity index (χ1n) is 9.29. The molecule has 158 valence electrons. The number of halogens is 7. The second kappa shape index (κ2) is 8.24. The van der Waals surface area contributed by atoms with Gasteiger partial charge in [0.05, 0.1) is 0 Å². The van der Waals surface area contributed by atoms with E-state index in [4.69, 9.17) is 0 Å².